The third-order valence-corrected chi connectivity index (χ3v) is 6.39. The topological polar surface area (TPSA) is 35.5 Å². The molecule has 0 N–H and O–H groups in total. The molecule has 4 atom stereocenters. The van der Waals surface area contributed by atoms with E-state index in [0.29, 0.717) is 12.8 Å². The van der Waals surface area contributed by atoms with Crippen LogP contribution in [0.2, 0.25) is 0 Å². The summed E-state index contributed by atoms with van der Waals surface area (Å²) >= 11 is 0. The van der Waals surface area contributed by atoms with Crippen LogP contribution in [0.4, 0.5) is 8.78 Å². The van der Waals surface area contributed by atoms with Crippen molar-refractivity contribution in [3.63, 3.8) is 0 Å². The number of para-hydroxylation sites is 2. The first-order valence-electron chi connectivity index (χ1n) is 9.29. The zero-order valence-electron chi connectivity index (χ0n) is 15.2. The largest absolute Gasteiger partial charge is 0.486 e. The zero-order valence-corrected chi connectivity index (χ0v) is 15.2. The van der Waals surface area contributed by atoms with E-state index in [4.69, 9.17) is 9.47 Å². The lowest BCUT2D eigenvalue weighted by Crippen LogP contribution is -2.64. The van der Waals surface area contributed by atoms with Crippen molar-refractivity contribution < 1.29 is 23.0 Å². The SMILES string of the molecule is CC1(C)[C@@H]2Oc3c(F)cccc3C[C@H]2C(=O)[C@@H]2Cc3cccc(F)c3O[C@H]21. The monoisotopic (exact) mass is 370 g/mol. The van der Waals surface area contributed by atoms with E-state index in [1.54, 1.807) is 12.1 Å². The van der Waals surface area contributed by atoms with Gasteiger partial charge in [-0.15, -0.1) is 0 Å². The van der Waals surface area contributed by atoms with E-state index in [2.05, 4.69) is 0 Å². The van der Waals surface area contributed by atoms with Crippen molar-refractivity contribution in [2.75, 3.05) is 0 Å². The van der Waals surface area contributed by atoms with Gasteiger partial charge in [-0.3, -0.25) is 4.79 Å². The molecule has 0 amide bonds. The smallest absolute Gasteiger partial charge is 0.165 e. The molecule has 5 rings (SSSR count). The fourth-order valence-corrected chi connectivity index (χ4v) is 5.08. The maximum absolute atomic E-state index is 14.3. The lowest BCUT2D eigenvalue weighted by atomic mass is 9.59. The zero-order chi connectivity index (χ0) is 18.9. The Hall–Kier alpha value is -2.43. The molecule has 1 aliphatic carbocycles. The minimum atomic E-state index is -0.580. The molecule has 0 bridgehead atoms. The number of Topliss-reactive ketones (excluding diaryl/α,β-unsaturated/α-hetero) is 1. The van der Waals surface area contributed by atoms with Crippen molar-refractivity contribution in [3.8, 4) is 11.5 Å². The molecule has 3 nitrogen and oxygen atoms in total. The lowest BCUT2D eigenvalue weighted by Gasteiger charge is -2.53. The predicted molar refractivity (Wildman–Crippen MR) is 94.8 cm³/mol. The number of halogens is 2. The molecule has 2 aromatic carbocycles. The summed E-state index contributed by atoms with van der Waals surface area (Å²) < 4.78 is 40.6. The molecule has 27 heavy (non-hydrogen) atoms. The van der Waals surface area contributed by atoms with Gasteiger partial charge in [0.1, 0.15) is 18.0 Å². The van der Waals surface area contributed by atoms with Crippen LogP contribution in [-0.2, 0) is 17.6 Å². The summed E-state index contributed by atoms with van der Waals surface area (Å²) in [6.45, 7) is 3.93. The van der Waals surface area contributed by atoms with Crippen molar-refractivity contribution in [1.82, 2.24) is 0 Å². The maximum Gasteiger partial charge on any atom is 0.165 e. The number of hydrogen-bond donors (Lipinski definition) is 0. The predicted octanol–water partition coefficient (Wildman–Crippen LogP) is 4.11. The first-order valence-corrected chi connectivity index (χ1v) is 9.29. The van der Waals surface area contributed by atoms with Gasteiger partial charge in [-0.1, -0.05) is 38.1 Å². The summed E-state index contributed by atoms with van der Waals surface area (Å²) in [5.74, 6) is -1.03. The van der Waals surface area contributed by atoms with Crippen LogP contribution in [0.3, 0.4) is 0 Å². The van der Waals surface area contributed by atoms with Gasteiger partial charge in [0, 0.05) is 5.41 Å². The number of ether oxygens (including phenoxy) is 2. The fraction of sp³-hybridized carbons (Fsp3) is 0.409. The quantitative estimate of drug-likeness (QED) is 0.700. The van der Waals surface area contributed by atoms with Crippen LogP contribution in [0.5, 0.6) is 11.5 Å². The molecule has 2 aromatic rings. The van der Waals surface area contributed by atoms with Gasteiger partial charge < -0.3 is 9.47 Å². The fourth-order valence-electron chi connectivity index (χ4n) is 5.08. The minimum Gasteiger partial charge on any atom is -0.486 e. The summed E-state index contributed by atoms with van der Waals surface area (Å²) in [5.41, 5.74) is 0.868. The van der Waals surface area contributed by atoms with Crippen LogP contribution in [0.15, 0.2) is 36.4 Å². The number of rotatable bonds is 0. The minimum absolute atomic E-state index is 0.0640. The van der Waals surface area contributed by atoms with Gasteiger partial charge in [0.2, 0.25) is 0 Å². The number of fused-ring (bicyclic) bond motifs is 4. The normalized spacial score (nSPS) is 30.1. The molecule has 0 saturated heterocycles. The highest BCUT2D eigenvalue weighted by Gasteiger charge is 2.59. The summed E-state index contributed by atoms with van der Waals surface area (Å²) in [7, 11) is 0. The maximum atomic E-state index is 14.3. The Labute approximate surface area is 156 Å². The second-order valence-electron chi connectivity index (χ2n) is 8.38. The van der Waals surface area contributed by atoms with E-state index < -0.39 is 29.3 Å². The molecule has 2 aliphatic heterocycles. The molecule has 1 fully saturated rings. The molecular formula is C22H20F2O3. The Bertz CT molecular complexity index is 879. The molecular weight excluding hydrogens is 350 g/mol. The number of carbonyl (C=O) groups is 1. The molecule has 0 aromatic heterocycles. The highest BCUT2D eigenvalue weighted by Crippen LogP contribution is 2.51. The standard InChI is InChI=1S/C22H20F2O3/c1-22(2)20-13(9-11-5-3-7-15(23)18(11)26-20)17(25)14-10-12-6-4-8-16(24)19(12)27-21(14)22/h3-8,13-14,20-21H,9-10H2,1-2H3/t13-,14-,20+,21+/m0/s1. The highest BCUT2D eigenvalue weighted by molar-refractivity contribution is 5.87. The van der Waals surface area contributed by atoms with E-state index in [-0.39, 0.29) is 29.1 Å². The molecule has 3 aliphatic rings. The first kappa shape index (κ1) is 16.7. The number of carbonyl (C=O) groups excluding carboxylic acids is 1. The van der Waals surface area contributed by atoms with Crippen LogP contribution in [0, 0.1) is 28.9 Å². The average Bonchev–Trinajstić information content (AvgIpc) is 2.65. The Morgan fingerprint density at radius 2 is 1.30 bits per heavy atom. The van der Waals surface area contributed by atoms with Gasteiger partial charge in [0.15, 0.2) is 23.1 Å². The Morgan fingerprint density at radius 3 is 1.74 bits per heavy atom. The highest BCUT2D eigenvalue weighted by atomic mass is 19.1. The summed E-state index contributed by atoms with van der Waals surface area (Å²) in [6, 6.07) is 9.63. The molecule has 0 radical (unpaired) electrons. The molecule has 140 valence electrons. The van der Waals surface area contributed by atoms with Gasteiger partial charge in [-0.05, 0) is 36.1 Å². The number of ketones is 1. The van der Waals surface area contributed by atoms with Crippen molar-refractivity contribution >= 4 is 5.78 Å². The molecule has 2 heterocycles. The van der Waals surface area contributed by atoms with E-state index >= 15 is 0 Å². The van der Waals surface area contributed by atoms with Crippen LogP contribution in [-0.4, -0.2) is 18.0 Å². The van der Waals surface area contributed by atoms with Crippen LogP contribution < -0.4 is 9.47 Å². The van der Waals surface area contributed by atoms with E-state index in [9.17, 15) is 13.6 Å². The van der Waals surface area contributed by atoms with Crippen molar-refractivity contribution in [2.24, 2.45) is 17.3 Å². The Morgan fingerprint density at radius 1 is 0.852 bits per heavy atom. The molecule has 1 saturated carbocycles. The van der Waals surface area contributed by atoms with E-state index in [1.807, 2.05) is 26.0 Å². The van der Waals surface area contributed by atoms with Gasteiger partial charge >= 0.3 is 0 Å². The van der Waals surface area contributed by atoms with Gasteiger partial charge in [-0.25, -0.2) is 8.78 Å². The second-order valence-corrected chi connectivity index (χ2v) is 8.38. The molecule has 0 unspecified atom stereocenters. The van der Waals surface area contributed by atoms with Crippen molar-refractivity contribution in [2.45, 2.75) is 38.9 Å². The molecule has 5 heteroatoms. The van der Waals surface area contributed by atoms with Crippen molar-refractivity contribution in [3.05, 3.63) is 59.2 Å². The Kier molecular flexibility index (Phi) is 3.43. The summed E-state index contributed by atoms with van der Waals surface area (Å²) in [4.78, 5) is 13.3. The lowest BCUT2D eigenvalue weighted by molar-refractivity contribution is -0.162. The van der Waals surface area contributed by atoms with Crippen molar-refractivity contribution in [1.29, 1.82) is 0 Å². The molecule has 0 spiro atoms. The first-order chi connectivity index (χ1) is 12.9. The third-order valence-electron chi connectivity index (χ3n) is 6.39. The second kappa shape index (κ2) is 5.54. The van der Waals surface area contributed by atoms with E-state index in [0.717, 1.165) is 11.1 Å². The van der Waals surface area contributed by atoms with Crippen LogP contribution >= 0.6 is 0 Å². The number of benzene rings is 2. The Balaban J connectivity index is 1.59. The summed E-state index contributed by atoms with van der Waals surface area (Å²) in [6.07, 6.45) is -0.105. The third kappa shape index (κ3) is 2.27. The average molecular weight is 370 g/mol. The van der Waals surface area contributed by atoms with Crippen LogP contribution in [0.1, 0.15) is 25.0 Å². The van der Waals surface area contributed by atoms with E-state index in [1.165, 1.54) is 12.1 Å². The summed E-state index contributed by atoms with van der Waals surface area (Å²) in [5, 5.41) is 0. The van der Waals surface area contributed by atoms with Crippen LogP contribution in [0.25, 0.3) is 0 Å². The van der Waals surface area contributed by atoms with Gasteiger partial charge in [0.05, 0.1) is 11.8 Å². The number of hydrogen-bond acceptors (Lipinski definition) is 3. The van der Waals surface area contributed by atoms with Gasteiger partial charge in [-0.2, -0.15) is 0 Å². The van der Waals surface area contributed by atoms with Gasteiger partial charge in [0.25, 0.3) is 0 Å².